The normalized spacial score (nSPS) is 15.9. The van der Waals surface area contributed by atoms with Crippen LogP contribution in [0.2, 0.25) is 5.15 Å². The standard InChI is InChI=1S/C21H21ClN2O3/c1-24(12-17-13-26-19-5-3-4-6-20(19)27-17)11-15-9-14-7-8-16(25-2)10-18(14)23-21(15)22/h3-10,17H,11-13H2,1-2H3/t17-/m0/s1. The van der Waals surface area contributed by atoms with Crippen molar-refractivity contribution in [2.24, 2.45) is 0 Å². The maximum atomic E-state index is 6.42. The summed E-state index contributed by atoms with van der Waals surface area (Å²) in [5.41, 5.74) is 1.81. The molecule has 140 valence electrons. The Bertz CT molecular complexity index is 963. The van der Waals surface area contributed by atoms with Crippen molar-refractivity contribution >= 4 is 22.5 Å². The lowest BCUT2D eigenvalue weighted by molar-refractivity contribution is 0.0638. The second kappa shape index (κ2) is 7.62. The van der Waals surface area contributed by atoms with Gasteiger partial charge in [-0.1, -0.05) is 23.7 Å². The highest BCUT2D eigenvalue weighted by atomic mass is 35.5. The zero-order chi connectivity index (χ0) is 18.8. The SMILES string of the molecule is COc1ccc2cc(CN(C)C[C@H]3COc4ccccc4O3)c(Cl)nc2c1. The third-order valence-corrected chi connectivity index (χ3v) is 4.90. The maximum absolute atomic E-state index is 6.42. The minimum absolute atomic E-state index is 0.0265. The lowest BCUT2D eigenvalue weighted by Gasteiger charge is -2.29. The number of methoxy groups -OCH3 is 1. The summed E-state index contributed by atoms with van der Waals surface area (Å²) in [4.78, 5) is 6.68. The van der Waals surface area contributed by atoms with Crippen LogP contribution in [0.1, 0.15) is 5.56 Å². The van der Waals surface area contributed by atoms with Gasteiger partial charge in [-0.05, 0) is 37.4 Å². The molecular weight excluding hydrogens is 364 g/mol. The van der Waals surface area contributed by atoms with Crippen LogP contribution in [0.4, 0.5) is 0 Å². The molecule has 0 saturated heterocycles. The van der Waals surface area contributed by atoms with Crippen LogP contribution in [0, 0.1) is 0 Å². The summed E-state index contributed by atoms with van der Waals surface area (Å²) in [7, 11) is 3.68. The molecular formula is C21H21ClN2O3. The van der Waals surface area contributed by atoms with Crippen molar-refractivity contribution in [2.45, 2.75) is 12.6 Å². The van der Waals surface area contributed by atoms with E-state index in [0.717, 1.165) is 40.3 Å². The van der Waals surface area contributed by atoms with Crippen molar-refractivity contribution in [1.82, 2.24) is 9.88 Å². The molecule has 6 heteroatoms. The smallest absolute Gasteiger partial charge is 0.161 e. The number of aromatic nitrogens is 1. The molecule has 3 aromatic rings. The first kappa shape index (κ1) is 17.9. The molecule has 1 aromatic heterocycles. The minimum Gasteiger partial charge on any atom is -0.497 e. The van der Waals surface area contributed by atoms with Crippen molar-refractivity contribution in [1.29, 1.82) is 0 Å². The summed E-state index contributed by atoms with van der Waals surface area (Å²) in [6.45, 7) is 1.94. The van der Waals surface area contributed by atoms with Gasteiger partial charge < -0.3 is 14.2 Å². The van der Waals surface area contributed by atoms with Gasteiger partial charge in [-0.3, -0.25) is 4.90 Å². The highest BCUT2D eigenvalue weighted by Crippen LogP contribution is 2.31. The molecule has 2 heterocycles. The van der Waals surface area contributed by atoms with E-state index in [1.807, 2.05) is 49.5 Å². The average Bonchev–Trinajstić information content (AvgIpc) is 2.68. The fraction of sp³-hybridized carbons (Fsp3) is 0.286. The topological polar surface area (TPSA) is 43.8 Å². The zero-order valence-electron chi connectivity index (χ0n) is 15.3. The van der Waals surface area contributed by atoms with Crippen molar-refractivity contribution in [2.75, 3.05) is 27.3 Å². The molecule has 0 unspecified atom stereocenters. The first-order valence-corrected chi connectivity index (χ1v) is 9.20. The van der Waals surface area contributed by atoms with Gasteiger partial charge in [0.1, 0.15) is 23.6 Å². The van der Waals surface area contributed by atoms with Crippen LogP contribution in [-0.2, 0) is 6.54 Å². The van der Waals surface area contributed by atoms with E-state index in [0.29, 0.717) is 18.3 Å². The van der Waals surface area contributed by atoms with E-state index >= 15 is 0 Å². The van der Waals surface area contributed by atoms with Gasteiger partial charge in [-0.15, -0.1) is 0 Å². The van der Waals surface area contributed by atoms with Crippen molar-refractivity contribution in [3.05, 3.63) is 59.2 Å². The molecule has 0 radical (unpaired) electrons. The lowest BCUT2D eigenvalue weighted by atomic mass is 10.1. The van der Waals surface area contributed by atoms with E-state index < -0.39 is 0 Å². The summed E-state index contributed by atoms with van der Waals surface area (Å²) in [6.07, 6.45) is -0.0265. The lowest BCUT2D eigenvalue weighted by Crippen LogP contribution is -2.39. The number of benzene rings is 2. The first-order chi connectivity index (χ1) is 13.1. The molecule has 0 bridgehead atoms. The molecule has 4 rings (SSSR count). The van der Waals surface area contributed by atoms with Crippen molar-refractivity contribution in [3.63, 3.8) is 0 Å². The quantitative estimate of drug-likeness (QED) is 0.618. The van der Waals surface area contributed by atoms with Gasteiger partial charge >= 0.3 is 0 Å². The van der Waals surface area contributed by atoms with Gasteiger partial charge in [0, 0.05) is 30.1 Å². The van der Waals surface area contributed by atoms with Crippen LogP contribution < -0.4 is 14.2 Å². The van der Waals surface area contributed by atoms with E-state index in [1.54, 1.807) is 7.11 Å². The Kier molecular flexibility index (Phi) is 5.05. The number of hydrogen-bond donors (Lipinski definition) is 0. The van der Waals surface area contributed by atoms with Gasteiger partial charge in [0.15, 0.2) is 11.5 Å². The number of nitrogens with zero attached hydrogens (tertiary/aromatic N) is 2. The van der Waals surface area contributed by atoms with Crippen LogP contribution in [0.5, 0.6) is 17.2 Å². The van der Waals surface area contributed by atoms with Gasteiger partial charge in [0.2, 0.25) is 0 Å². The molecule has 2 aromatic carbocycles. The Morgan fingerprint density at radius 2 is 2.00 bits per heavy atom. The summed E-state index contributed by atoms with van der Waals surface area (Å²) in [5, 5.41) is 1.54. The maximum Gasteiger partial charge on any atom is 0.161 e. The number of halogens is 1. The number of para-hydroxylation sites is 2. The van der Waals surface area contributed by atoms with Gasteiger partial charge in [0.05, 0.1) is 12.6 Å². The molecule has 0 fully saturated rings. The fourth-order valence-electron chi connectivity index (χ4n) is 3.26. The van der Waals surface area contributed by atoms with Crippen molar-refractivity contribution < 1.29 is 14.2 Å². The van der Waals surface area contributed by atoms with E-state index in [9.17, 15) is 0 Å². The van der Waals surface area contributed by atoms with Gasteiger partial charge in [-0.2, -0.15) is 0 Å². The third-order valence-electron chi connectivity index (χ3n) is 4.57. The van der Waals surface area contributed by atoms with Crippen LogP contribution in [0.25, 0.3) is 10.9 Å². The molecule has 0 amide bonds. The number of likely N-dealkylation sites (N-methyl/N-ethyl adjacent to an activating group) is 1. The summed E-state index contributed by atoms with van der Waals surface area (Å²) in [5.74, 6) is 2.36. The zero-order valence-corrected chi connectivity index (χ0v) is 16.1. The second-order valence-electron chi connectivity index (χ2n) is 6.69. The minimum atomic E-state index is -0.0265. The number of rotatable bonds is 5. The van der Waals surface area contributed by atoms with Crippen LogP contribution in [0.3, 0.4) is 0 Å². The third kappa shape index (κ3) is 3.94. The Balaban J connectivity index is 1.45. The van der Waals surface area contributed by atoms with Crippen molar-refractivity contribution in [3.8, 4) is 17.2 Å². The molecule has 0 N–H and O–H groups in total. The summed E-state index contributed by atoms with van der Waals surface area (Å²) < 4.78 is 17.1. The number of pyridine rings is 1. The van der Waals surface area contributed by atoms with Gasteiger partial charge in [-0.25, -0.2) is 4.98 Å². The number of hydrogen-bond acceptors (Lipinski definition) is 5. The molecule has 1 atom stereocenters. The second-order valence-corrected chi connectivity index (χ2v) is 7.05. The molecule has 0 saturated carbocycles. The summed E-state index contributed by atoms with van der Waals surface area (Å²) in [6, 6.07) is 15.6. The molecule has 1 aliphatic rings. The highest BCUT2D eigenvalue weighted by molar-refractivity contribution is 6.30. The van der Waals surface area contributed by atoms with E-state index in [-0.39, 0.29) is 6.10 Å². The molecule has 27 heavy (non-hydrogen) atoms. The highest BCUT2D eigenvalue weighted by Gasteiger charge is 2.22. The van der Waals surface area contributed by atoms with E-state index in [2.05, 4.69) is 16.0 Å². The predicted octanol–water partition coefficient (Wildman–Crippen LogP) is 4.17. The summed E-state index contributed by atoms with van der Waals surface area (Å²) >= 11 is 6.42. The Morgan fingerprint density at radius 3 is 2.81 bits per heavy atom. The Morgan fingerprint density at radius 1 is 1.19 bits per heavy atom. The molecule has 0 aliphatic carbocycles. The average molecular weight is 385 g/mol. The first-order valence-electron chi connectivity index (χ1n) is 8.82. The largest absolute Gasteiger partial charge is 0.497 e. The molecule has 0 spiro atoms. The predicted molar refractivity (Wildman–Crippen MR) is 106 cm³/mol. The van der Waals surface area contributed by atoms with Gasteiger partial charge in [0.25, 0.3) is 0 Å². The van der Waals surface area contributed by atoms with Crippen LogP contribution >= 0.6 is 11.6 Å². The van der Waals surface area contributed by atoms with E-state index in [4.69, 9.17) is 25.8 Å². The Hall–Kier alpha value is -2.50. The fourth-order valence-corrected chi connectivity index (χ4v) is 3.47. The molecule has 5 nitrogen and oxygen atoms in total. The molecule has 1 aliphatic heterocycles. The Labute approximate surface area is 163 Å². The number of ether oxygens (including phenoxy) is 3. The van der Waals surface area contributed by atoms with Crippen LogP contribution in [0.15, 0.2) is 48.5 Å². The monoisotopic (exact) mass is 384 g/mol. The number of fused-ring (bicyclic) bond motifs is 2. The van der Waals surface area contributed by atoms with E-state index in [1.165, 1.54) is 0 Å². The van der Waals surface area contributed by atoms with Crippen LogP contribution in [-0.4, -0.2) is 43.3 Å².